The van der Waals surface area contributed by atoms with E-state index in [0.29, 0.717) is 15.5 Å². The number of nitrogens with one attached hydrogen (secondary N) is 1. The highest BCUT2D eigenvalue weighted by Crippen LogP contribution is 2.37. The molecule has 1 aliphatic heterocycles. The Morgan fingerprint density at radius 3 is 2.43 bits per heavy atom. The van der Waals surface area contributed by atoms with Crippen LogP contribution in [-0.2, 0) is 0 Å². The van der Waals surface area contributed by atoms with Gasteiger partial charge in [0.25, 0.3) is 0 Å². The maximum Gasteiger partial charge on any atom is 0.164 e. The fraction of sp³-hybridized carbons (Fsp3) is 0.375. The third-order valence-corrected chi connectivity index (χ3v) is 5.26. The number of piperazine rings is 1. The minimum Gasteiger partial charge on any atom is -0.314 e. The van der Waals surface area contributed by atoms with Crippen molar-refractivity contribution in [3.8, 4) is 0 Å². The smallest absolute Gasteiger partial charge is 0.164 e. The molecule has 0 unspecified atom stereocenters. The average Bonchev–Trinajstić information content (AvgIpc) is 2.95. The highest BCUT2D eigenvalue weighted by Gasteiger charge is 2.29. The van der Waals surface area contributed by atoms with Crippen molar-refractivity contribution < 1.29 is 8.78 Å². The van der Waals surface area contributed by atoms with E-state index >= 15 is 0 Å². The van der Waals surface area contributed by atoms with Crippen LogP contribution in [0.3, 0.4) is 0 Å². The molecular formula is C16H18Cl2F2N2S. The van der Waals surface area contributed by atoms with Crippen LogP contribution in [0.4, 0.5) is 8.78 Å². The maximum absolute atomic E-state index is 14.5. The Bertz CT molecular complexity index is 672. The highest BCUT2D eigenvalue weighted by molar-refractivity contribution is 7.16. The largest absolute Gasteiger partial charge is 0.314 e. The van der Waals surface area contributed by atoms with Crippen molar-refractivity contribution in [2.24, 2.45) is 0 Å². The molecule has 1 aromatic heterocycles. The fourth-order valence-corrected chi connectivity index (χ4v) is 4.03. The van der Waals surface area contributed by atoms with Crippen molar-refractivity contribution in [3.05, 3.63) is 56.2 Å². The second kappa shape index (κ2) is 7.90. The van der Waals surface area contributed by atoms with Gasteiger partial charge in [-0.3, -0.25) is 4.90 Å². The normalized spacial score (nSPS) is 16.9. The second-order valence-corrected chi connectivity index (χ2v) is 7.18. The summed E-state index contributed by atoms with van der Waals surface area (Å²) in [5.74, 6) is -1.52. The number of halogens is 4. The standard InChI is InChI=1S/C16H17ClF2N2S.ClH/c1-10-2-3-11(15(19)14(10)18)16(12-4-5-13(17)22-12)21-8-6-20-7-9-21;/h2-5,16,20H,6-9H2,1H3;1H/t16-;/m1./s1. The number of hydrogen-bond donors (Lipinski definition) is 1. The highest BCUT2D eigenvalue weighted by atomic mass is 35.5. The lowest BCUT2D eigenvalue weighted by atomic mass is 10.00. The molecule has 0 bridgehead atoms. The van der Waals surface area contributed by atoms with Crippen LogP contribution in [0.5, 0.6) is 0 Å². The van der Waals surface area contributed by atoms with Gasteiger partial charge in [0.2, 0.25) is 0 Å². The van der Waals surface area contributed by atoms with E-state index in [0.717, 1.165) is 31.1 Å². The second-order valence-electron chi connectivity index (χ2n) is 5.43. The molecule has 23 heavy (non-hydrogen) atoms. The number of benzene rings is 1. The maximum atomic E-state index is 14.5. The molecule has 1 atom stereocenters. The van der Waals surface area contributed by atoms with Gasteiger partial charge in [-0.25, -0.2) is 8.78 Å². The lowest BCUT2D eigenvalue weighted by Crippen LogP contribution is -2.45. The molecule has 1 aliphatic rings. The van der Waals surface area contributed by atoms with E-state index in [2.05, 4.69) is 10.2 Å². The molecule has 1 saturated heterocycles. The number of thiophene rings is 1. The lowest BCUT2D eigenvalue weighted by Gasteiger charge is -2.35. The Balaban J connectivity index is 0.00000192. The van der Waals surface area contributed by atoms with Crippen LogP contribution in [0.2, 0.25) is 4.34 Å². The van der Waals surface area contributed by atoms with Crippen LogP contribution in [0, 0.1) is 18.6 Å². The van der Waals surface area contributed by atoms with Gasteiger partial charge in [0, 0.05) is 36.6 Å². The van der Waals surface area contributed by atoms with Crippen LogP contribution in [0.15, 0.2) is 24.3 Å². The summed E-state index contributed by atoms with van der Waals surface area (Å²) < 4.78 is 29.2. The molecule has 2 heterocycles. The van der Waals surface area contributed by atoms with Crippen molar-refractivity contribution in [2.45, 2.75) is 13.0 Å². The SMILES string of the molecule is Cc1ccc([C@H](c2ccc(Cl)s2)N2CCNCC2)c(F)c1F.Cl. The summed E-state index contributed by atoms with van der Waals surface area (Å²) in [6.45, 7) is 4.82. The Morgan fingerprint density at radius 2 is 1.83 bits per heavy atom. The third kappa shape index (κ3) is 3.86. The van der Waals surface area contributed by atoms with Gasteiger partial charge in [-0.1, -0.05) is 23.7 Å². The topological polar surface area (TPSA) is 15.3 Å². The zero-order valence-corrected chi connectivity index (χ0v) is 15.0. The minimum atomic E-state index is -0.764. The van der Waals surface area contributed by atoms with Gasteiger partial charge in [0.15, 0.2) is 11.6 Å². The van der Waals surface area contributed by atoms with Crippen molar-refractivity contribution in [1.29, 1.82) is 0 Å². The van der Waals surface area contributed by atoms with Gasteiger partial charge < -0.3 is 5.32 Å². The summed E-state index contributed by atoms with van der Waals surface area (Å²) in [7, 11) is 0. The van der Waals surface area contributed by atoms with Crippen LogP contribution < -0.4 is 5.32 Å². The summed E-state index contributed by atoms with van der Waals surface area (Å²) in [6.07, 6.45) is 0. The first kappa shape index (κ1) is 18.6. The molecule has 0 radical (unpaired) electrons. The number of hydrogen-bond acceptors (Lipinski definition) is 3. The van der Waals surface area contributed by atoms with Gasteiger partial charge in [-0.2, -0.15) is 0 Å². The van der Waals surface area contributed by atoms with E-state index in [-0.39, 0.29) is 18.4 Å². The molecule has 1 aromatic carbocycles. The Hall–Kier alpha value is -0.720. The monoisotopic (exact) mass is 378 g/mol. The molecule has 0 amide bonds. The van der Waals surface area contributed by atoms with Gasteiger partial charge in [0.1, 0.15) is 0 Å². The molecule has 0 spiro atoms. The molecule has 1 fully saturated rings. The van der Waals surface area contributed by atoms with Gasteiger partial charge >= 0.3 is 0 Å². The molecule has 7 heteroatoms. The van der Waals surface area contributed by atoms with Crippen LogP contribution in [0.1, 0.15) is 22.0 Å². The zero-order chi connectivity index (χ0) is 15.7. The predicted octanol–water partition coefficient (Wildman–Crippen LogP) is 4.40. The van der Waals surface area contributed by atoms with Gasteiger partial charge in [-0.05, 0) is 24.6 Å². The lowest BCUT2D eigenvalue weighted by molar-refractivity contribution is 0.196. The van der Waals surface area contributed by atoms with Crippen LogP contribution in [0.25, 0.3) is 0 Å². The van der Waals surface area contributed by atoms with E-state index < -0.39 is 11.6 Å². The summed E-state index contributed by atoms with van der Waals surface area (Å²) in [5, 5.41) is 3.28. The van der Waals surface area contributed by atoms with Crippen molar-refractivity contribution >= 4 is 35.3 Å². The minimum absolute atomic E-state index is 0. The number of rotatable bonds is 3. The van der Waals surface area contributed by atoms with E-state index in [1.54, 1.807) is 25.1 Å². The third-order valence-electron chi connectivity index (χ3n) is 3.98. The Kier molecular flexibility index (Phi) is 6.40. The zero-order valence-electron chi connectivity index (χ0n) is 12.6. The predicted molar refractivity (Wildman–Crippen MR) is 94.0 cm³/mol. The summed E-state index contributed by atoms with van der Waals surface area (Å²) in [4.78, 5) is 3.11. The molecule has 2 aromatic rings. The van der Waals surface area contributed by atoms with Gasteiger partial charge in [0.05, 0.1) is 10.4 Å². The Morgan fingerprint density at radius 1 is 1.13 bits per heavy atom. The summed E-state index contributed by atoms with van der Waals surface area (Å²) in [6, 6.07) is 6.73. The molecule has 2 nitrogen and oxygen atoms in total. The van der Waals surface area contributed by atoms with E-state index in [1.165, 1.54) is 11.3 Å². The van der Waals surface area contributed by atoms with Crippen LogP contribution in [-0.4, -0.2) is 31.1 Å². The molecular weight excluding hydrogens is 361 g/mol. The van der Waals surface area contributed by atoms with E-state index in [4.69, 9.17) is 11.6 Å². The fourth-order valence-electron chi connectivity index (χ4n) is 2.82. The summed E-state index contributed by atoms with van der Waals surface area (Å²) >= 11 is 7.46. The van der Waals surface area contributed by atoms with Gasteiger partial charge in [-0.15, -0.1) is 23.7 Å². The first-order valence-electron chi connectivity index (χ1n) is 7.22. The van der Waals surface area contributed by atoms with Crippen molar-refractivity contribution in [2.75, 3.05) is 26.2 Å². The van der Waals surface area contributed by atoms with Crippen molar-refractivity contribution in [1.82, 2.24) is 10.2 Å². The molecule has 3 rings (SSSR count). The van der Waals surface area contributed by atoms with E-state index in [9.17, 15) is 8.78 Å². The van der Waals surface area contributed by atoms with Crippen LogP contribution >= 0.6 is 35.3 Å². The Labute approximate surface area is 149 Å². The first-order valence-corrected chi connectivity index (χ1v) is 8.42. The number of aryl methyl sites for hydroxylation is 1. The number of nitrogens with zero attached hydrogens (tertiary/aromatic N) is 1. The molecule has 0 saturated carbocycles. The average molecular weight is 379 g/mol. The molecule has 0 aliphatic carbocycles. The van der Waals surface area contributed by atoms with E-state index in [1.807, 2.05) is 6.07 Å². The summed E-state index contributed by atoms with van der Waals surface area (Å²) in [5.41, 5.74) is 0.702. The molecule has 1 N–H and O–H groups in total. The molecule has 126 valence electrons. The first-order chi connectivity index (χ1) is 10.6. The van der Waals surface area contributed by atoms with Crippen molar-refractivity contribution in [3.63, 3.8) is 0 Å². The quantitative estimate of drug-likeness (QED) is 0.850.